The Hall–Kier alpha value is -2.67. The number of hydrogen-bond acceptors (Lipinski definition) is 5. The Balaban J connectivity index is 2.41. The van der Waals surface area contributed by atoms with Crippen LogP contribution in [0.3, 0.4) is 0 Å². The highest BCUT2D eigenvalue weighted by molar-refractivity contribution is 6.31. The Labute approximate surface area is 123 Å². The zero-order valence-corrected chi connectivity index (χ0v) is 11.5. The molecule has 1 heterocycles. The number of ether oxygens (including phenoxy) is 1. The zero-order chi connectivity index (χ0) is 15.6. The molecule has 2 aromatic rings. The Bertz CT molecular complexity index is 732. The molecule has 0 aliphatic carbocycles. The van der Waals surface area contributed by atoms with Crippen LogP contribution in [0.5, 0.6) is 11.6 Å². The lowest BCUT2D eigenvalue weighted by Gasteiger charge is -2.07. The lowest BCUT2D eigenvalue weighted by molar-refractivity contribution is -0.386. The normalized spacial score (nSPS) is 10.2. The fourth-order valence-corrected chi connectivity index (χ4v) is 1.68. The Morgan fingerprint density at radius 3 is 2.71 bits per heavy atom. The van der Waals surface area contributed by atoms with Crippen molar-refractivity contribution >= 4 is 23.3 Å². The van der Waals surface area contributed by atoms with Crippen LogP contribution in [-0.4, -0.2) is 21.0 Å². The van der Waals surface area contributed by atoms with Gasteiger partial charge in [0.2, 0.25) is 0 Å². The smallest absolute Gasteiger partial charge is 0.337 e. The summed E-state index contributed by atoms with van der Waals surface area (Å²) >= 11 is 5.88. The first-order valence-corrected chi connectivity index (χ1v) is 6.08. The van der Waals surface area contributed by atoms with E-state index in [1.807, 2.05) is 0 Å². The minimum Gasteiger partial charge on any atom is -0.478 e. The van der Waals surface area contributed by atoms with Crippen molar-refractivity contribution in [2.45, 2.75) is 6.92 Å². The van der Waals surface area contributed by atoms with Gasteiger partial charge in [-0.25, -0.2) is 9.78 Å². The summed E-state index contributed by atoms with van der Waals surface area (Å²) in [5.74, 6) is -1.28. The molecule has 0 atom stereocenters. The van der Waals surface area contributed by atoms with E-state index in [0.717, 1.165) is 17.8 Å². The molecular formula is C13H9ClN2O5. The van der Waals surface area contributed by atoms with Gasteiger partial charge in [-0.05, 0) is 30.7 Å². The highest BCUT2D eigenvalue weighted by Crippen LogP contribution is 2.31. The van der Waals surface area contributed by atoms with E-state index in [1.54, 1.807) is 19.1 Å². The van der Waals surface area contributed by atoms with E-state index in [-0.39, 0.29) is 11.4 Å². The third-order valence-electron chi connectivity index (χ3n) is 2.62. The van der Waals surface area contributed by atoms with Crippen LogP contribution in [0.25, 0.3) is 0 Å². The van der Waals surface area contributed by atoms with Crippen molar-refractivity contribution in [3.63, 3.8) is 0 Å². The first-order valence-electron chi connectivity index (χ1n) is 5.70. The van der Waals surface area contributed by atoms with E-state index in [9.17, 15) is 14.9 Å². The van der Waals surface area contributed by atoms with Gasteiger partial charge in [-0.3, -0.25) is 10.1 Å². The van der Waals surface area contributed by atoms with Crippen molar-refractivity contribution in [3.05, 3.63) is 56.7 Å². The molecule has 0 radical (unpaired) electrons. The monoisotopic (exact) mass is 308 g/mol. The van der Waals surface area contributed by atoms with Gasteiger partial charge in [0, 0.05) is 17.3 Å². The molecular weight excluding hydrogens is 300 g/mol. The molecule has 2 rings (SSSR count). The maximum atomic E-state index is 11.0. The topological polar surface area (TPSA) is 103 Å². The predicted molar refractivity (Wildman–Crippen MR) is 74.1 cm³/mol. The van der Waals surface area contributed by atoms with Crippen molar-refractivity contribution in [2.24, 2.45) is 0 Å². The van der Waals surface area contributed by atoms with Crippen LogP contribution in [0, 0.1) is 17.0 Å². The van der Waals surface area contributed by atoms with Crippen LogP contribution in [0.15, 0.2) is 30.5 Å². The molecule has 0 aliphatic heterocycles. The maximum absolute atomic E-state index is 11.0. The number of carboxylic acids is 1. The Morgan fingerprint density at radius 2 is 2.14 bits per heavy atom. The number of hydrogen-bond donors (Lipinski definition) is 1. The van der Waals surface area contributed by atoms with Gasteiger partial charge in [0.05, 0.1) is 10.5 Å². The van der Waals surface area contributed by atoms with Crippen LogP contribution in [0.4, 0.5) is 5.69 Å². The molecule has 0 aliphatic rings. The van der Waals surface area contributed by atoms with Crippen LogP contribution >= 0.6 is 11.6 Å². The van der Waals surface area contributed by atoms with Crippen molar-refractivity contribution in [3.8, 4) is 11.6 Å². The van der Waals surface area contributed by atoms with Gasteiger partial charge in [-0.15, -0.1) is 0 Å². The maximum Gasteiger partial charge on any atom is 0.337 e. The van der Waals surface area contributed by atoms with Crippen molar-refractivity contribution < 1.29 is 19.6 Å². The highest BCUT2D eigenvalue weighted by atomic mass is 35.5. The standard InChI is InChI=1S/C13H9ClN2O5/c1-7-4-9(2-3-10(7)14)21-12-11(16(19)20)5-8(6-15-12)13(17)18/h2-6H,1H3,(H,17,18). The molecule has 8 heteroatoms. The molecule has 1 aromatic heterocycles. The second kappa shape index (κ2) is 5.76. The van der Waals surface area contributed by atoms with Crippen molar-refractivity contribution in [1.29, 1.82) is 0 Å². The highest BCUT2D eigenvalue weighted by Gasteiger charge is 2.21. The summed E-state index contributed by atoms with van der Waals surface area (Å²) in [6, 6.07) is 5.61. The third kappa shape index (κ3) is 3.26. The minimum atomic E-state index is -1.31. The third-order valence-corrected chi connectivity index (χ3v) is 3.04. The zero-order valence-electron chi connectivity index (χ0n) is 10.7. The number of rotatable bonds is 4. The number of aromatic carboxylic acids is 1. The van der Waals surface area contributed by atoms with Crippen LogP contribution in [0.1, 0.15) is 15.9 Å². The molecule has 0 amide bonds. The van der Waals surface area contributed by atoms with Crippen molar-refractivity contribution in [2.75, 3.05) is 0 Å². The molecule has 0 spiro atoms. The van der Waals surface area contributed by atoms with Gasteiger partial charge in [0.15, 0.2) is 0 Å². The summed E-state index contributed by atoms with van der Waals surface area (Å²) < 4.78 is 5.34. The molecule has 0 saturated heterocycles. The molecule has 0 saturated carbocycles. The molecule has 1 aromatic carbocycles. The first kappa shape index (κ1) is 14.7. The van der Waals surface area contributed by atoms with Crippen molar-refractivity contribution in [1.82, 2.24) is 4.98 Å². The number of aromatic nitrogens is 1. The van der Waals surface area contributed by atoms with Gasteiger partial charge in [0.25, 0.3) is 5.88 Å². The number of benzene rings is 1. The second-order valence-electron chi connectivity index (χ2n) is 4.12. The average Bonchev–Trinajstić information content (AvgIpc) is 2.43. The largest absolute Gasteiger partial charge is 0.478 e. The number of pyridine rings is 1. The Kier molecular flexibility index (Phi) is 4.04. The quantitative estimate of drug-likeness (QED) is 0.685. The molecule has 21 heavy (non-hydrogen) atoms. The van der Waals surface area contributed by atoms with E-state index in [4.69, 9.17) is 21.4 Å². The number of carbonyl (C=O) groups is 1. The fraction of sp³-hybridized carbons (Fsp3) is 0.0769. The summed E-state index contributed by atoms with van der Waals surface area (Å²) in [5.41, 5.74) is -0.0807. The molecule has 1 N–H and O–H groups in total. The average molecular weight is 309 g/mol. The number of nitro groups is 1. The second-order valence-corrected chi connectivity index (χ2v) is 4.53. The summed E-state index contributed by atoms with van der Waals surface area (Å²) in [7, 11) is 0. The number of halogens is 1. The first-order chi connectivity index (χ1) is 9.88. The minimum absolute atomic E-state index is 0.285. The Morgan fingerprint density at radius 1 is 1.43 bits per heavy atom. The molecule has 7 nitrogen and oxygen atoms in total. The molecule has 0 unspecified atom stereocenters. The van der Waals surface area contributed by atoms with Crippen LogP contribution in [0.2, 0.25) is 5.02 Å². The summed E-state index contributed by atoms with van der Waals surface area (Å²) in [6.45, 7) is 1.75. The number of aryl methyl sites for hydroxylation is 1. The van der Waals surface area contributed by atoms with E-state index < -0.39 is 16.6 Å². The molecule has 108 valence electrons. The predicted octanol–water partition coefficient (Wildman–Crippen LogP) is 3.44. The van der Waals surface area contributed by atoms with E-state index in [0.29, 0.717) is 10.8 Å². The van der Waals surface area contributed by atoms with Gasteiger partial charge < -0.3 is 9.84 Å². The van der Waals surface area contributed by atoms with E-state index in [1.165, 1.54) is 6.07 Å². The SMILES string of the molecule is Cc1cc(Oc2ncc(C(=O)O)cc2[N+](=O)[O-])ccc1Cl. The fourth-order valence-electron chi connectivity index (χ4n) is 1.56. The van der Waals surface area contributed by atoms with Gasteiger partial charge in [-0.1, -0.05) is 11.6 Å². The summed E-state index contributed by atoms with van der Waals surface area (Å²) in [6.07, 6.45) is 0.993. The van der Waals surface area contributed by atoms with E-state index >= 15 is 0 Å². The van der Waals surface area contributed by atoms with Crippen LogP contribution in [-0.2, 0) is 0 Å². The lowest BCUT2D eigenvalue weighted by Crippen LogP contribution is -2.02. The van der Waals surface area contributed by atoms with Gasteiger partial charge >= 0.3 is 11.7 Å². The summed E-state index contributed by atoms with van der Waals surface area (Å²) in [4.78, 5) is 24.7. The number of nitrogens with zero attached hydrogens (tertiary/aromatic N) is 2. The molecule has 0 bridgehead atoms. The van der Waals surface area contributed by atoms with Crippen LogP contribution < -0.4 is 4.74 Å². The number of carboxylic acid groups (broad SMARTS) is 1. The van der Waals surface area contributed by atoms with Gasteiger partial charge in [0.1, 0.15) is 5.75 Å². The van der Waals surface area contributed by atoms with E-state index in [2.05, 4.69) is 4.98 Å². The van der Waals surface area contributed by atoms with Gasteiger partial charge in [-0.2, -0.15) is 0 Å². The summed E-state index contributed by atoms with van der Waals surface area (Å²) in [5, 5.41) is 20.3. The lowest BCUT2D eigenvalue weighted by atomic mass is 10.2. The molecule has 0 fully saturated rings.